The Kier molecular flexibility index (Phi) is 4.89. The minimum absolute atomic E-state index is 0.0574. The number of carbonyl (C=O) groups is 2. The first kappa shape index (κ1) is 15.1. The Labute approximate surface area is 128 Å². The molecule has 1 heterocycles. The third kappa shape index (κ3) is 3.25. The second-order valence-corrected chi connectivity index (χ2v) is 5.60. The number of piperazine rings is 1. The Morgan fingerprint density at radius 3 is 2.80 bits per heavy atom. The fourth-order valence-corrected chi connectivity index (χ4v) is 2.65. The van der Waals surface area contributed by atoms with Crippen LogP contribution in [-0.4, -0.2) is 29.3 Å². The Hall–Kier alpha value is -1.26. The fraction of sp³-hybridized carbons (Fsp3) is 0.429. The molecule has 1 unspecified atom stereocenters. The SMILES string of the molecule is CCCC1NC(=O)CN(Cc2cccc(Cl)c2Cl)C1=O. The predicted octanol–water partition coefficient (Wildman–Crippen LogP) is 2.62. The van der Waals surface area contributed by atoms with Crippen molar-refractivity contribution in [3.8, 4) is 0 Å². The molecule has 0 saturated carbocycles. The molecule has 0 bridgehead atoms. The van der Waals surface area contributed by atoms with E-state index in [4.69, 9.17) is 23.2 Å². The maximum absolute atomic E-state index is 12.3. The minimum Gasteiger partial charge on any atom is -0.343 e. The van der Waals surface area contributed by atoms with Gasteiger partial charge in [0.2, 0.25) is 11.8 Å². The number of nitrogens with one attached hydrogen (secondary N) is 1. The maximum atomic E-state index is 12.3. The predicted molar refractivity (Wildman–Crippen MR) is 78.7 cm³/mol. The molecule has 1 aliphatic rings. The van der Waals surface area contributed by atoms with E-state index in [0.717, 1.165) is 12.0 Å². The van der Waals surface area contributed by atoms with E-state index in [0.29, 0.717) is 23.0 Å². The summed E-state index contributed by atoms with van der Waals surface area (Å²) >= 11 is 12.1. The van der Waals surface area contributed by atoms with Gasteiger partial charge in [0.25, 0.3) is 0 Å². The Balaban J connectivity index is 2.17. The van der Waals surface area contributed by atoms with Crippen LogP contribution in [0, 0.1) is 0 Å². The van der Waals surface area contributed by atoms with Gasteiger partial charge in [0.1, 0.15) is 6.04 Å². The van der Waals surface area contributed by atoms with Gasteiger partial charge in [0.05, 0.1) is 16.6 Å². The molecule has 0 aliphatic carbocycles. The van der Waals surface area contributed by atoms with Crippen molar-refractivity contribution >= 4 is 35.0 Å². The smallest absolute Gasteiger partial charge is 0.245 e. The van der Waals surface area contributed by atoms with Crippen molar-refractivity contribution in [2.45, 2.75) is 32.4 Å². The summed E-state index contributed by atoms with van der Waals surface area (Å²) in [6.07, 6.45) is 1.48. The summed E-state index contributed by atoms with van der Waals surface area (Å²) in [7, 11) is 0. The molecule has 0 aromatic heterocycles. The van der Waals surface area contributed by atoms with Crippen molar-refractivity contribution in [2.24, 2.45) is 0 Å². The van der Waals surface area contributed by atoms with Crippen LogP contribution in [0.2, 0.25) is 10.0 Å². The minimum atomic E-state index is -0.431. The summed E-state index contributed by atoms with van der Waals surface area (Å²) in [6, 6.07) is 4.85. The van der Waals surface area contributed by atoms with Gasteiger partial charge in [-0.15, -0.1) is 0 Å². The molecule has 1 aliphatic heterocycles. The third-order valence-electron chi connectivity index (χ3n) is 3.25. The first-order valence-corrected chi connectivity index (χ1v) is 7.29. The second kappa shape index (κ2) is 6.46. The van der Waals surface area contributed by atoms with Crippen LogP contribution in [0.1, 0.15) is 25.3 Å². The van der Waals surface area contributed by atoms with Crippen LogP contribution in [0.25, 0.3) is 0 Å². The van der Waals surface area contributed by atoms with Gasteiger partial charge in [0, 0.05) is 6.54 Å². The zero-order valence-corrected chi connectivity index (χ0v) is 12.7. The molecule has 1 fully saturated rings. The second-order valence-electron chi connectivity index (χ2n) is 4.82. The van der Waals surface area contributed by atoms with Gasteiger partial charge in [-0.3, -0.25) is 9.59 Å². The highest BCUT2D eigenvalue weighted by atomic mass is 35.5. The van der Waals surface area contributed by atoms with E-state index in [1.54, 1.807) is 12.1 Å². The zero-order valence-electron chi connectivity index (χ0n) is 11.2. The molecule has 6 heteroatoms. The van der Waals surface area contributed by atoms with Crippen molar-refractivity contribution < 1.29 is 9.59 Å². The molecule has 20 heavy (non-hydrogen) atoms. The van der Waals surface area contributed by atoms with E-state index in [1.807, 2.05) is 13.0 Å². The van der Waals surface area contributed by atoms with E-state index in [-0.39, 0.29) is 18.4 Å². The Morgan fingerprint density at radius 2 is 2.10 bits per heavy atom. The first-order chi connectivity index (χ1) is 9.52. The highest BCUT2D eigenvalue weighted by Crippen LogP contribution is 2.27. The summed E-state index contributed by atoms with van der Waals surface area (Å²) in [5.74, 6) is -0.205. The van der Waals surface area contributed by atoms with Crippen LogP contribution in [0.4, 0.5) is 0 Å². The molecule has 108 valence electrons. The average Bonchev–Trinajstić information content (AvgIpc) is 2.40. The molecule has 1 saturated heterocycles. The normalized spacial score (nSPS) is 19.1. The topological polar surface area (TPSA) is 49.4 Å². The van der Waals surface area contributed by atoms with Crippen molar-refractivity contribution in [1.29, 1.82) is 0 Å². The van der Waals surface area contributed by atoms with Gasteiger partial charge in [-0.2, -0.15) is 0 Å². The molecule has 1 atom stereocenters. The highest BCUT2D eigenvalue weighted by molar-refractivity contribution is 6.42. The lowest BCUT2D eigenvalue weighted by Gasteiger charge is -2.32. The van der Waals surface area contributed by atoms with Crippen molar-refractivity contribution in [2.75, 3.05) is 6.54 Å². The Bertz CT molecular complexity index is 534. The van der Waals surface area contributed by atoms with E-state index < -0.39 is 6.04 Å². The molecule has 0 radical (unpaired) electrons. The van der Waals surface area contributed by atoms with E-state index in [9.17, 15) is 9.59 Å². The monoisotopic (exact) mass is 314 g/mol. The quantitative estimate of drug-likeness (QED) is 0.928. The van der Waals surface area contributed by atoms with Gasteiger partial charge in [-0.05, 0) is 18.1 Å². The number of hydrogen-bond acceptors (Lipinski definition) is 2. The molecule has 1 aromatic rings. The summed E-state index contributed by atoms with van der Waals surface area (Å²) in [5.41, 5.74) is 0.748. The molecule has 2 rings (SSSR count). The van der Waals surface area contributed by atoms with Gasteiger partial charge in [-0.25, -0.2) is 0 Å². The number of halogens is 2. The Morgan fingerprint density at radius 1 is 1.35 bits per heavy atom. The number of hydrogen-bond donors (Lipinski definition) is 1. The van der Waals surface area contributed by atoms with Gasteiger partial charge < -0.3 is 10.2 Å². The molecule has 2 amide bonds. The zero-order chi connectivity index (χ0) is 14.7. The van der Waals surface area contributed by atoms with Crippen molar-refractivity contribution in [3.05, 3.63) is 33.8 Å². The summed E-state index contributed by atoms with van der Waals surface area (Å²) < 4.78 is 0. The van der Waals surface area contributed by atoms with Crippen LogP contribution in [0.3, 0.4) is 0 Å². The lowest BCUT2D eigenvalue weighted by Crippen LogP contribution is -2.57. The van der Waals surface area contributed by atoms with E-state index in [1.165, 1.54) is 4.90 Å². The number of carbonyl (C=O) groups excluding carboxylic acids is 2. The molecular weight excluding hydrogens is 299 g/mol. The van der Waals surface area contributed by atoms with Crippen LogP contribution in [0.5, 0.6) is 0 Å². The van der Waals surface area contributed by atoms with Crippen molar-refractivity contribution in [1.82, 2.24) is 10.2 Å². The van der Waals surface area contributed by atoms with Crippen LogP contribution in [0.15, 0.2) is 18.2 Å². The molecule has 0 spiro atoms. The van der Waals surface area contributed by atoms with Gasteiger partial charge in [-0.1, -0.05) is 48.7 Å². The number of amides is 2. The third-order valence-corrected chi connectivity index (χ3v) is 4.11. The van der Waals surface area contributed by atoms with Crippen LogP contribution >= 0.6 is 23.2 Å². The van der Waals surface area contributed by atoms with E-state index >= 15 is 0 Å². The van der Waals surface area contributed by atoms with Crippen molar-refractivity contribution in [3.63, 3.8) is 0 Å². The molecule has 4 nitrogen and oxygen atoms in total. The van der Waals surface area contributed by atoms with Crippen LogP contribution in [-0.2, 0) is 16.1 Å². The summed E-state index contributed by atoms with van der Waals surface area (Å²) in [4.78, 5) is 25.5. The standard InChI is InChI=1S/C14H16Cl2N2O2/c1-2-4-11-14(20)18(8-12(19)17-11)7-9-5-3-6-10(15)13(9)16/h3,5-6,11H,2,4,7-8H2,1H3,(H,17,19). The van der Waals surface area contributed by atoms with Gasteiger partial charge in [0.15, 0.2) is 0 Å². The molecular formula is C14H16Cl2N2O2. The summed E-state index contributed by atoms with van der Waals surface area (Å²) in [5, 5.41) is 3.60. The lowest BCUT2D eigenvalue weighted by atomic mass is 10.1. The average molecular weight is 315 g/mol. The number of rotatable bonds is 4. The first-order valence-electron chi connectivity index (χ1n) is 6.54. The number of benzene rings is 1. The maximum Gasteiger partial charge on any atom is 0.245 e. The highest BCUT2D eigenvalue weighted by Gasteiger charge is 2.32. The fourth-order valence-electron chi connectivity index (χ4n) is 2.27. The summed E-state index contributed by atoms with van der Waals surface area (Å²) in [6.45, 7) is 2.33. The lowest BCUT2D eigenvalue weighted by molar-refractivity contribution is -0.145. The number of nitrogens with zero attached hydrogens (tertiary/aromatic N) is 1. The molecule has 1 N–H and O–H groups in total. The largest absolute Gasteiger partial charge is 0.343 e. The van der Waals surface area contributed by atoms with E-state index in [2.05, 4.69) is 5.32 Å². The molecule has 1 aromatic carbocycles. The van der Waals surface area contributed by atoms with Gasteiger partial charge >= 0.3 is 0 Å². The van der Waals surface area contributed by atoms with Crippen LogP contribution < -0.4 is 5.32 Å².